The Labute approximate surface area is 109 Å². The van der Waals surface area contributed by atoms with Crippen LogP contribution in [-0.2, 0) is 6.42 Å². The van der Waals surface area contributed by atoms with E-state index in [-0.39, 0.29) is 6.04 Å². The topological polar surface area (TPSA) is 39.2 Å². The van der Waals surface area contributed by atoms with E-state index in [0.29, 0.717) is 0 Å². The second-order valence-corrected chi connectivity index (χ2v) is 5.82. The van der Waals surface area contributed by atoms with Crippen LogP contribution in [0.1, 0.15) is 16.5 Å². The van der Waals surface area contributed by atoms with Gasteiger partial charge in [-0.15, -0.1) is 11.3 Å². The van der Waals surface area contributed by atoms with E-state index in [2.05, 4.69) is 43.3 Å². The van der Waals surface area contributed by atoms with Gasteiger partial charge >= 0.3 is 0 Å². The van der Waals surface area contributed by atoms with E-state index < -0.39 is 0 Å². The smallest absolute Gasteiger partial charge is 0.173 e. The van der Waals surface area contributed by atoms with E-state index in [9.17, 15) is 0 Å². The summed E-state index contributed by atoms with van der Waals surface area (Å²) in [5.74, 6) is 0. The van der Waals surface area contributed by atoms with E-state index in [4.69, 9.17) is 10.2 Å². The number of halogens is 2. The van der Waals surface area contributed by atoms with Gasteiger partial charge in [0.05, 0.1) is 6.26 Å². The van der Waals surface area contributed by atoms with Gasteiger partial charge in [-0.05, 0) is 44.0 Å². The molecule has 0 spiro atoms. The summed E-state index contributed by atoms with van der Waals surface area (Å²) < 4.78 is 7.00. The minimum atomic E-state index is -0.0244. The predicted molar refractivity (Wildman–Crippen MR) is 69.1 cm³/mol. The lowest BCUT2D eigenvalue weighted by Crippen LogP contribution is -2.12. The van der Waals surface area contributed by atoms with Crippen molar-refractivity contribution in [2.75, 3.05) is 0 Å². The fraction of sp³-hybridized carbons (Fsp3) is 0.200. The molecule has 0 aliphatic heterocycles. The van der Waals surface area contributed by atoms with Gasteiger partial charge < -0.3 is 10.2 Å². The van der Waals surface area contributed by atoms with Crippen LogP contribution in [0.3, 0.4) is 0 Å². The molecule has 1 unspecified atom stereocenters. The summed E-state index contributed by atoms with van der Waals surface area (Å²) in [5, 5.41) is 2.06. The Morgan fingerprint density at radius 2 is 2.27 bits per heavy atom. The van der Waals surface area contributed by atoms with Crippen molar-refractivity contribution in [1.82, 2.24) is 0 Å². The van der Waals surface area contributed by atoms with Gasteiger partial charge in [0.25, 0.3) is 0 Å². The lowest BCUT2D eigenvalue weighted by molar-refractivity contribution is 0.531. The largest absolute Gasteiger partial charge is 0.457 e. The fourth-order valence-corrected chi connectivity index (χ4v) is 3.40. The van der Waals surface area contributed by atoms with E-state index in [0.717, 1.165) is 21.1 Å². The predicted octanol–water partition coefficient (Wildman–Crippen LogP) is 4.11. The van der Waals surface area contributed by atoms with Crippen LogP contribution >= 0.6 is 43.2 Å². The van der Waals surface area contributed by atoms with E-state index in [1.54, 1.807) is 17.6 Å². The van der Waals surface area contributed by atoms with E-state index in [1.807, 2.05) is 6.07 Å². The molecule has 2 rings (SSSR count). The average Bonchev–Trinajstić information content (AvgIpc) is 2.75. The van der Waals surface area contributed by atoms with Crippen LogP contribution in [0.4, 0.5) is 0 Å². The third-order valence-corrected chi connectivity index (χ3v) is 4.45. The first-order chi connectivity index (χ1) is 7.16. The van der Waals surface area contributed by atoms with Gasteiger partial charge in [-0.2, -0.15) is 0 Å². The molecule has 0 amide bonds. The van der Waals surface area contributed by atoms with Crippen molar-refractivity contribution in [1.29, 1.82) is 0 Å². The number of rotatable bonds is 3. The fourth-order valence-electron chi connectivity index (χ4n) is 1.36. The van der Waals surface area contributed by atoms with Gasteiger partial charge in [-0.1, -0.05) is 0 Å². The Morgan fingerprint density at radius 1 is 1.47 bits per heavy atom. The molecule has 2 N–H and O–H groups in total. The lowest BCUT2D eigenvalue weighted by atomic mass is 10.1. The highest BCUT2D eigenvalue weighted by atomic mass is 79.9. The first-order valence-electron chi connectivity index (χ1n) is 4.38. The zero-order valence-corrected chi connectivity index (χ0v) is 11.7. The molecule has 0 radical (unpaired) electrons. The SMILES string of the molecule is NC(Cc1cc(Br)cs1)c1ccoc1Br. The molecule has 0 saturated carbocycles. The molecule has 0 fully saturated rings. The van der Waals surface area contributed by atoms with Crippen LogP contribution in [-0.4, -0.2) is 0 Å². The molecule has 15 heavy (non-hydrogen) atoms. The Balaban J connectivity index is 2.10. The average molecular weight is 351 g/mol. The van der Waals surface area contributed by atoms with Crippen LogP contribution < -0.4 is 5.73 Å². The molecule has 1 atom stereocenters. The maximum absolute atomic E-state index is 6.08. The zero-order chi connectivity index (χ0) is 10.8. The summed E-state index contributed by atoms with van der Waals surface area (Å²) >= 11 is 8.47. The molecule has 5 heteroatoms. The maximum Gasteiger partial charge on any atom is 0.173 e. The summed E-state index contributed by atoms with van der Waals surface area (Å²) in [6.07, 6.45) is 2.47. The lowest BCUT2D eigenvalue weighted by Gasteiger charge is -2.07. The highest BCUT2D eigenvalue weighted by Crippen LogP contribution is 2.28. The quantitative estimate of drug-likeness (QED) is 0.904. The van der Waals surface area contributed by atoms with Gasteiger partial charge in [0.2, 0.25) is 0 Å². The van der Waals surface area contributed by atoms with Crippen molar-refractivity contribution in [3.8, 4) is 0 Å². The van der Waals surface area contributed by atoms with Crippen molar-refractivity contribution in [3.63, 3.8) is 0 Å². The second-order valence-electron chi connectivity index (χ2n) is 3.19. The van der Waals surface area contributed by atoms with E-state index >= 15 is 0 Å². The van der Waals surface area contributed by atoms with Crippen molar-refractivity contribution >= 4 is 43.2 Å². The van der Waals surface area contributed by atoms with Crippen LogP contribution in [0, 0.1) is 0 Å². The number of furan rings is 1. The molecule has 0 aromatic carbocycles. The summed E-state index contributed by atoms with van der Waals surface area (Å²) in [7, 11) is 0. The summed E-state index contributed by atoms with van der Waals surface area (Å²) in [4.78, 5) is 1.27. The monoisotopic (exact) mass is 349 g/mol. The van der Waals surface area contributed by atoms with Gasteiger partial charge in [-0.3, -0.25) is 0 Å². The molecule has 2 heterocycles. The molecular weight excluding hydrogens is 342 g/mol. The highest BCUT2D eigenvalue weighted by molar-refractivity contribution is 9.10. The minimum Gasteiger partial charge on any atom is -0.457 e. The number of hydrogen-bond donors (Lipinski definition) is 1. The molecule has 0 aliphatic carbocycles. The molecule has 0 saturated heterocycles. The standard InChI is InChI=1S/C10H9Br2NOS/c11-6-3-7(15-5-6)4-9(13)8-1-2-14-10(8)12/h1-3,5,9H,4,13H2. The minimum absolute atomic E-state index is 0.0244. The van der Waals surface area contributed by atoms with Crippen LogP contribution in [0.2, 0.25) is 0 Å². The Bertz CT molecular complexity index is 452. The second kappa shape index (κ2) is 4.82. The number of thiophene rings is 1. The van der Waals surface area contributed by atoms with E-state index in [1.165, 1.54) is 4.88 Å². The number of hydrogen-bond acceptors (Lipinski definition) is 3. The van der Waals surface area contributed by atoms with Crippen LogP contribution in [0.25, 0.3) is 0 Å². The van der Waals surface area contributed by atoms with Crippen LogP contribution in [0.5, 0.6) is 0 Å². The molecule has 0 bridgehead atoms. The normalized spacial score (nSPS) is 13.0. The highest BCUT2D eigenvalue weighted by Gasteiger charge is 2.13. The van der Waals surface area contributed by atoms with Crippen molar-refractivity contribution in [3.05, 3.63) is 43.4 Å². The molecule has 80 valence electrons. The van der Waals surface area contributed by atoms with Crippen molar-refractivity contribution in [2.24, 2.45) is 5.73 Å². The Kier molecular flexibility index (Phi) is 3.66. The van der Waals surface area contributed by atoms with Crippen molar-refractivity contribution < 1.29 is 4.42 Å². The summed E-state index contributed by atoms with van der Waals surface area (Å²) in [6.45, 7) is 0. The summed E-state index contributed by atoms with van der Waals surface area (Å²) in [5.41, 5.74) is 7.10. The first kappa shape index (κ1) is 11.4. The van der Waals surface area contributed by atoms with Gasteiger partial charge in [-0.25, -0.2) is 0 Å². The van der Waals surface area contributed by atoms with Gasteiger partial charge in [0, 0.05) is 32.8 Å². The maximum atomic E-state index is 6.08. The zero-order valence-electron chi connectivity index (χ0n) is 7.74. The Hall–Kier alpha value is -0.100. The molecular formula is C10H9Br2NOS. The Morgan fingerprint density at radius 3 is 2.80 bits per heavy atom. The van der Waals surface area contributed by atoms with Crippen LogP contribution in [0.15, 0.2) is 37.3 Å². The third-order valence-electron chi connectivity index (χ3n) is 2.09. The summed E-state index contributed by atoms with van der Waals surface area (Å²) in [6, 6.07) is 3.97. The molecule has 2 aromatic rings. The first-order valence-corrected chi connectivity index (χ1v) is 6.85. The molecule has 2 aromatic heterocycles. The third kappa shape index (κ3) is 2.72. The van der Waals surface area contributed by atoms with Gasteiger partial charge in [0.1, 0.15) is 0 Å². The molecule has 2 nitrogen and oxygen atoms in total. The van der Waals surface area contributed by atoms with Crippen molar-refractivity contribution in [2.45, 2.75) is 12.5 Å². The molecule has 0 aliphatic rings. The number of nitrogens with two attached hydrogens (primary N) is 1. The van der Waals surface area contributed by atoms with Gasteiger partial charge in [0.15, 0.2) is 4.67 Å².